The van der Waals surface area contributed by atoms with E-state index >= 15 is 0 Å². The third kappa shape index (κ3) is 2.48. The molecule has 0 saturated carbocycles. The quantitative estimate of drug-likeness (QED) is 0.777. The first kappa shape index (κ1) is 13.6. The number of hydrogen-bond donors (Lipinski definition) is 3. The molecule has 4 N–H and O–H groups in total. The first-order chi connectivity index (χ1) is 9.56. The molecule has 6 nitrogen and oxygen atoms in total. The molecule has 1 aromatic heterocycles. The average molecular weight is 271 g/mol. The van der Waals surface area contributed by atoms with E-state index in [2.05, 4.69) is 6.07 Å². The second kappa shape index (κ2) is 5.47. The van der Waals surface area contributed by atoms with Crippen LogP contribution in [0.5, 0.6) is 5.75 Å². The summed E-state index contributed by atoms with van der Waals surface area (Å²) in [5.41, 5.74) is 7.15. The van der Waals surface area contributed by atoms with Gasteiger partial charge in [0, 0.05) is 24.8 Å². The fraction of sp³-hybridized carbons (Fsp3) is 0.143. The van der Waals surface area contributed by atoms with Gasteiger partial charge in [0.25, 0.3) is 0 Å². The standard InChI is InChI=1S/C14H13N3O3/c15-3-4-17-8-10(5-11(17)7-16)9-1-2-12(14(19)20)13(18)6-9/h1-2,5-6,8,18H,3-4,15H2,(H,19,20). The van der Waals surface area contributed by atoms with Crippen molar-refractivity contribution in [2.75, 3.05) is 6.54 Å². The predicted molar refractivity (Wildman–Crippen MR) is 72.3 cm³/mol. The molecular weight excluding hydrogens is 258 g/mol. The number of aromatic nitrogens is 1. The Hall–Kier alpha value is -2.78. The molecule has 0 fully saturated rings. The van der Waals surface area contributed by atoms with E-state index in [0.717, 1.165) is 5.56 Å². The molecule has 0 aliphatic carbocycles. The van der Waals surface area contributed by atoms with Crippen LogP contribution in [-0.4, -0.2) is 27.3 Å². The highest BCUT2D eigenvalue weighted by atomic mass is 16.4. The summed E-state index contributed by atoms with van der Waals surface area (Å²) < 4.78 is 1.72. The smallest absolute Gasteiger partial charge is 0.339 e. The van der Waals surface area contributed by atoms with Gasteiger partial charge in [0.2, 0.25) is 0 Å². The second-order valence-corrected chi connectivity index (χ2v) is 4.24. The number of nitrogens with two attached hydrogens (primary N) is 1. The fourth-order valence-corrected chi connectivity index (χ4v) is 1.98. The van der Waals surface area contributed by atoms with Crippen molar-refractivity contribution in [2.24, 2.45) is 5.73 Å². The summed E-state index contributed by atoms with van der Waals surface area (Å²) in [5.74, 6) is -1.49. The molecule has 6 heteroatoms. The van der Waals surface area contributed by atoms with Crippen LogP contribution >= 0.6 is 0 Å². The van der Waals surface area contributed by atoms with E-state index in [4.69, 9.17) is 16.1 Å². The van der Waals surface area contributed by atoms with Crippen LogP contribution < -0.4 is 5.73 Å². The fourth-order valence-electron chi connectivity index (χ4n) is 1.98. The van der Waals surface area contributed by atoms with E-state index in [1.54, 1.807) is 22.9 Å². The maximum Gasteiger partial charge on any atom is 0.339 e. The Morgan fingerprint density at radius 1 is 1.35 bits per heavy atom. The zero-order valence-electron chi connectivity index (χ0n) is 10.6. The van der Waals surface area contributed by atoms with Crippen molar-refractivity contribution in [3.05, 3.63) is 41.7 Å². The maximum atomic E-state index is 10.8. The summed E-state index contributed by atoms with van der Waals surface area (Å²) in [7, 11) is 0. The van der Waals surface area contributed by atoms with Crippen molar-refractivity contribution in [1.82, 2.24) is 4.57 Å². The number of benzene rings is 1. The van der Waals surface area contributed by atoms with Crippen LogP contribution in [0.25, 0.3) is 11.1 Å². The Kier molecular flexibility index (Phi) is 3.73. The first-order valence-electron chi connectivity index (χ1n) is 5.94. The molecule has 0 atom stereocenters. The van der Waals surface area contributed by atoms with Crippen molar-refractivity contribution >= 4 is 5.97 Å². The van der Waals surface area contributed by atoms with Crippen molar-refractivity contribution in [3.63, 3.8) is 0 Å². The molecule has 0 amide bonds. The lowest BCUT2D eigenvalue weighted by Crippen LogP contribution is -2.10. The largest absolute Gasteiger partial charge is 0.507 e. The third-order valence-electron chi connectivity index (χ3n) is 2.94. The molecule has 0 spiro atoms. The minimum atomic E-state index is -1.19. The predicted octanol–water partition coefficient (Wildman–Crippen LogP) is 1.39. The van der Waals surface area contributed by atoms with Crippen LogP contribution in [0.15, 0.2) is 30.5 Å². The number of phenols is 1. The number of carboxylic acids is 1. The number of rotatable bonds is 4. The molecule has 2 rings (SSSR count). The summed E-state index contributed by atoms with van der Waals surface area (Å²) >= 11 is 0. The molecule has 0 saturated heterocycles. The SMILES string of the molecule is N#Cc1cc(-c2ccc(C(=O)O)c(O)c2)cn1CCN. The van der Waals surface area contributed by atoms with Crippen LogP contribution in [0.2, 0.25) is 0 Å². The summed E-state index contributed by atoms with van der Waals surface area (Å²) in [6.07, 6.45) is 1.75. The lowest BCUT2D eigenvalue weighted by Gasteiger charge is -2.03. The van der Waals surface area contributed by atoms with Crippen molar-refractivity contribution in [3.8, 4) is 22.9 Å². The zero-order valence-corrected chi connectivity index (χ0v) is 10.6. The van der Waals surface area contributed by atoms with Crippen molar-refractivity contribution < 1.29 is 15.0 Å². The van der Waals surface area contributed by atoms with E-state index < -0.39 is 5.97 Å². The number of hydrogen-bond acceptors (Lipinski definition) is 4. The van der Waals surface area contributed by atoms with Gasteiger partial charge in [0.15, 0.2) is 0 Å². The highest BCUT2D eigenvalue weighted by molar-refractivity contribution is 5.91. The molecule has 0 aliphatic rings. The lowest BCUT2D eigenvalue weighted by atomic mass is 10.1. The second-order valence-electron chi connectivity index (χ2n) is 4.24. The minimum absolute atomic E-state index is 0.157. The molecule has 1 aromatic carbocycles. The van der Waals surface area contributed by atoms with Crippen molar-refractivity contribution in [2.45, 2.75) is 6.54 Å². The maximum absolute atomic E-state index is 10.8. The summed E-state index contributed by atoms with van der Waals surface area (Å²) in [6, 6.07) is 8.03. The Morgan fingerprint density at radius 3 is 2.65 bits per heavy atom. The molecule has 0 unspecified atom stereocenters. The molecule has 20 heavy (non-hydrogen) atoms. The normalized spacial score (nSPS) is 10.2. The Balaban J connectivity index is 2.44. The van der Waals surface area contributed by atoms with Gasteiger partial charge in [-0.2, -0.15) is 5.26 Å². The Labute approximate surface area is 115 Å². The molecule has 102 valence electrons. The topological polar surface area (TPSA) is 112 Å². The van der Waals surface area contributed by atoms with E-state index in [1.165, 1.54) is 12.1 Å². The number of nitriles is 1. The van der Waals surface area contributed by atoms with Crippen LogP contribution in [0, 0.1) is 11.3 Å². The number of aromatic carboxylic acids is 1. The number of nitrogens with zero attached hydrogens (tertiary/aromatic N) is 2. The molecule has 0 radical (unpaired) electrons. The summed E-state index contributed by atoms with van der Waals surface area (Å²) in [6.45, 7) is 0.925. The highest BCUT2D eigenvalue weighted by Gasteiger charge is 2.12. The third-order valence-corrected chi connectivity index (χ3v) is 2.94. The minimum Gasteiger partial charge on any atom is -0.507 e. The van der Waals surface area contributed by atoms with Gasteiger partial charge < -0.3 is 20.5 Å². The first-order valence-corrected chi connectivity index (χ1v) is 5.94. The van der Waals surface area contributed by atoms with E-state index in [9.17, 15) is 9.90 Å². The molecule has 0 aliphatic heterocycles. The Bertz CT molecular complexity index is 698. The number of carboxylic acid groups (broad SMARTS) is 1. The van der Waals surface area contributed by atoms with Crippen LogP contribution in [-0.2, 0) is 6.54 Å². The van der Waals surface area contributed by atoms with E-state index in [-0.39, 0.29) is 11.3 Å². The number of aromatic hydroxyl groups is 1. The van der Waals surface area contributed by atoms with Gasteiger partial charge >= 0.3 is 5.97 Å². The highest BCUT2D eigenvalue weighted by Crippen LogP contribution is 2.28. The van der Waals surface area contributed by atoms with Gasteiger partial charge in [-0.25, -0.2) is 4.79 Å². The van der Waals surface area contributed by atoms with Crippen LogP contribution in [0.4, 0.5) is 0 Å². The van der Waals surface area contributed by atoms with Gasteiger partial charge in [-0.3, -0.25) is 0 Å². The molecule has 1 heterocycles. The molecular formula is C14H13N3O3. The molecule has 2 aromatic rings. The van der Waals surface area contributed by atoms with Gasteiger partial charge in [-0.05, 0) is 23.8 Å². The lowest BCUT2D eigenvalue weighted by molar-refractivity contribution is 0.0694. The van der Waals surface area contributed by atoms with E-state index in [0.29, 0.717) is 24.3 Å². The van der Waals surface area contributed by atoms with Gasteiger partial charge in [0.05, 0.1) is 0 Å². The van der Waals surface area contributed by atoms with Gasteiger partial charge in [-0.1, -0.05) is 6.07 Å². The Morgan fingerprint density at radius 2 is 2.10 bits per heavy atom. The van der Waals surface area contributed by atoms with Gasteiger partial charge in [-0.15, -0.1) is 0 Å². The zero-order chi connectivity index (χ0) is 14.7. The average Bonchev–Trinajstić information content (AvgIpc) is 2.82. The summed E-state index contributed by atoms with van der Waals surface area (Å²) in [5, 5.41) is 27.6. The van der Waals surface area contributed by atoms with E-state index in [1.807, 2.05) is 0 Å². The number of carbonyl (C=O) groups is 1. The monoisotopic (exact) mass is 271 g/mol. The molecule has 0 bridgehead atoms. The van der Waals surface area contributed by atoms with Gasteiger partial charge in [0.1, 0.15) is 23.1 Å². The van der Waals surface area contributed by atoms with Crippen LogP contribution in [0.1, 0.15) is 16.1 Å². The van der Waals surface area contributed by atoms with Crippen LogP contribution in [0.3, 0.4) is 0 Å². The van der Waals surface area contributed by atoms with Crippen molar-refractivity contribution in [1.29, 1.82) is 5.26 Å². The summed E-state index contributed by atoms with van der Waals surface area (Å²) in [4.78, 5) is 10.8.